The molecule has 1 saturated heterocycles. The minimum atomic E-state index is -3.83. The van der Waals surface area contributed by atoms with Crippen molar-refractivity contribution in [3.05, 3.63) is 71.6 Å². The molecule has 1 aliphatic rings. The Balaban J connectivity index is 1.44. The SMILES string of the molecule is CN(c1ccccc1)S(=O)(=O)c1cccc(NC(=O)Cc2ccc(S(=O)(=O)N3CCOCC3)s2)c1. The Kier molecular flexibility index (Phi) is 7.57. The van der Waals surface area contributed by atoms with Gasteiger partial charge in [-0.05, 0) is 42.5 Å². The zero-order valence-electron chi connectivity index (χ0n) is 19.0. The number of morpholine rings is 1. The van der Waals surface area contributed by atoms with E-state index in [9.17, 15) is 21.6 Å². The number of anilines is 2. The fraction of sp³-hybridized carbons (Fsp3) is 0.261. The fourth-order valence-electron chi connectivity index (χ4n) is 3.54. The van der Waals surface area contributed by atoms with Gasteiger partial charge in [0.15, 0.2) is 0 Å². The van der Waals surface area contributed by atoms with Gasteiger partial charge >= 0.3 is 0 Å². The summed E-state index contributed by atoms with van der Waals surface area (Å²) in [5.74, 6) is -0.381. The third kappa shape index (κ3) is 5.73. The van der Waals surface area contributed by atoms with Crippen LogP contribution >= 0.6 is 11.3 Å². The van der Waals surface area contributed by atoms with Crippen LogP contribution < -0.4 is 9.62 Å². The first-order chi connectivity index (χ1) is 16.7. The Morgan fingerprint density at radius 3 is 2.43 bits per heavy atom. The van der Waals surface area contributed by atoms with Crippen molar-refractivity contribution < 1.29 is 26.4 Å². The molecule has 12 heteroatoms. The first-order valence-corrected chi connectivity index (χ1v) is 14.5. The first-order valence-electron chi connectivity index (χ1n) is 10.8. The molecule has 186 valence electrons. The van der Waals surface area contributed by atoms with Gasteiger partial charge in [0.05, 0.1) is 30.2 Å². The number of hydrogen-bond donors (Lipinski definition) is 1. The van der Waals surface area contributed by atoms with Gasteiger partial charge in [0.1, 0.15) is 4.21 Å². The van der Waals surface area contributed by atoms with E-state index in [1.807, 2.05) is 0 Å². The lowest BCUT2D eigenvalue weighted by atomic mass is 10.3. The molecule has 0 aliphatic carbocycles. The van der Waals surface area contributed by atoms with Crippen LogP contribution in [0, 0.1) is 0 Å². The van der Waals surface area contributed by atoms with Gasteiger partial charge in [-0.1, -0.05) is 24.3 Å². The lowest BCUT2D eigenvalue weighted by Crippen LogP contribution is -2.40. The van der Waals surface area contributed by atoms with Crippen molar-refractivity contribution in [3.8, 4) is 0 Å². The molecule has 3 aromatic rings. The van der Waals surface area contributed by atoms with E-state index in [2.05, 4.69) is 5.32 Å². The molecule has 35 heavy (non-hydrogen) atoms. The van der Waals surface area contributed by atoms with Gasteiger partial charge in [0.2, 0.25) is 5.91 Å². The fourth-order valence-corrected chi connectivity index (χ4v) is 7.70. The maximum Gasteiger partial charge on any atom is 0.264 e. The van der Waals surface area contributed by atoms with Crippen molar-refractivity contribution in [2.24, 2.45) is 0 Å². The van der Waals surface area contributed by atoms with Crippen LogP contribution in [0.2, 0.25) is 0 Å². The quantitative estimate of drug-likeness (QED) is 0.475. The number of nitrogens with zero attached hydrogens (tertiary/aromatic N) is 2. The molecule has 1 N–H and O–H groups in total. The van der Waals surface area contributed by atoms with E-state index in [0.717, 1.165) is 11.3 Å². The number of carbonyl (C=O) groups excluding carboxylic acids is 1. The van der Waals surface area contributed by atoms with E-state index in [1.165, 1.54) is 33.9 Å². The molecule has 0 bridgehead atoms. The summed E-state index contributed by atoms with van der Waals surface area (Å²) < 4.78 is 59.6. The van der Waals surface area contributed by atoms with Crippen LogP contribution in [0.3, 0.4) is 0 Å². The number of sulfonamides is 2. The molecule has 1 aromatic heterocycles. The second kappa shape index (κ2) is 10.5. The summed E-state index contributed by atoms with van der Waals surface area (Å²) in [7, 11) is -5.98. The van der Waals surface area contributed by atoms with Crippen molar-refractivity contribution in [2.75, 3.05) is 43.0 Å². The summed E-state index contributed by atoms with van der Waals surface area (Å²) in [5.41, 5.74) is 0.845. The van der Waals surface area contributed by atoms with Crippen LogP contribution in [0.4, 0.5) is 11.4 Å². The van der Waals surface area contributed by atoms with E-state index < -0.39 is 20.0 Å². The highest BCUT2D eigenvalue weighted by atomic mass is 32.2. The van der Waals surface area contributed by atoms with Gasteiger partial charge in [0, 0.05) is 30.7 Å². The largest absolute Gasteiger partial charge is 0.379 e. The van der Waals surface area contributed by atoms with E-state index in [4.69, 9.17) is 4.74 Å². The smallest absolute Gasteiger partial charge is 0.264 e. The summed E-state index contributed by atoms with van der Waals surface area (Å²) in [5, 5.41) is 2.70. The van der Waals surface area contributed by atoms with Gasteiger partial charge in [-0.2, -0.15) is 4.31 Å². The van der Waals surface area contributed by atoms with E-state index >= 15 is 0 Å². The van der Waals surface area contributed by atoms with Gasteiger partial charge < -0.3 is 10.1 Å². The lowest BCUT2D eigenvalue weighted by molar-refractivity contribution is -0.115. The Hall–Kier alpha value is -2.77. The topological polar surface area (TPSA) is 113 Å². The minimum Gasteiger partial charge on any atom is -0.379 e. The standard InChI is InChI=1S/C23H25N3O6S3/c1-25(19-7-3-2-4-8-19)34(28,29)21-9-5-6-18(16-21)24-22(27)17-20-10-11-23(33-20)35(30,31)26-12-14-32-15-13-26/h2-11,16H,12-15,17H2,1H3,(H,24,27). The predicted octanol–water partition coefficient (Wildman–Crippen LogP) is 2.78. The van der Waals surface area contributed by atoms with Crippen molar-refractivity contribution in [2.45, 2.75) is 15.5 Å². The molecule has 9 nitrogen and oxygen atoms in total. The van der Waals surface area contributed by atoms with Crippen LogP contribution in [0.15, 0.2) is 75.8 Å². The van der Waals surface area contributed by atoms with Crippen LogP contribution in [-0.4, -0.2) is 60.4 Å². The summed E-state index contributed by atoms with van der Waals surface area (Å²) >= 11 is 1.05. The van der Waals surface area contributed by atoms with Crippen LogP contribution in [-0.2, 0) is 36.0 Å². The number of rotatable bonds is 8. The van der Waals surface area contributed by atoms with Gasteiger partial charge in [-0.25, -0.2) is 16.8 Å². The average molecular weight is 536 g/mol. The van der Waals surface area contributed by atoms with Gasteiger partial charge in [-0.3, -0.25) is 9.10 Å². The zero-order chi connectivity index (χ0) is 25.1. The molecule has 0 saturated carbocycles. The van der Waals surface area contributed by atoms with Crippen molar-refractivity contribution in [1.82, 2.24) is 4.31 Å². The Morgan fingerprint density at radius 1 is 1.00 bits per heavy atom. The molecule has 0 atom stereocenters. The summed E-state index contributed by atoms with van der Waals surface area (Å²) in [6.45, 7) is 1.31. The molecule has 1 aliphatic heterocycles. The third-order valence-corrected chi connectivity index (χ3v) is 10.7. The first kappa shape index (κ1) is 25.3. The van der Waals surface area contributed by atoms with Gasteiger partial charge in [0.25, 0.3) is 20.0 Å². The van der Waals surface area contributed by atoms with E-state index in [1.54, 1.807) is 48.5 Å². The number of carbonyl (C=O) groups is 1. The number of nitrogens with one attached hydrogen (secondary N) is 1. The Labute approximate surface area is 209 Å². The summed E-state index contributed by atoms with van der Waals surface area (Å²) in [4.78, 5) is 13.2. The molecule has 2 aromatic carbocycles. The number of ether oxygens (including phenoxy) is 1. The minimum absolute atomic E-state index is 0.0375. The highest BCUT2D eigenvalue weighted by Gasteiger charge is 2.28. The molecule has 0 radical (unpaired) electrons. The number of amides is 1. The number of para-hydroxylation sites is 1. The monoisotopic (exact) mass is 535 g/mol. The van der Waals surface area contributed by atoms with E-state index in [0.29, 0.717) is 42.6 Å². The molecule has 1 amide bonds. The Bertz CT molecular complexity index is 1400. The molecule has 0 unspecified atom stereocenters. The van der Waals surface area contributed by atoms with Crippen molar-refractivity contribution in [3.63, 3.8) is 0 Å². The van der Waals surface area contributed by atoms with Crippen LogP contribution in [0.5, 0.6) is 0 Å². The summed E-state index contributed by atoms with van der Waals surface area (Å²) in [6, 6.07) is 17.8. The van der Waals surface area contributed by atoms with Crippen LogP contribution in [0.25, 0.3) is 0 Å². The number of benzene rings is 2. The lowest BCUT2D eigenvalue weighted by Gasteiger charge is -2.25. The normalized spacial score (nSPS) is 15.0. The average Bonchev–Trinajstić information content (AvgIpc) is 3.34. The third-order valence-electron chi connectivity index (χ3n) is 5.43. The number of thiophene rings is 1. The second-order valence-corrected chi connectivity index (χ2v) is 13.1. The zero-order valence-corrected chi connectivity index (χ0v) is 21.4. The predicted molar refractivity (Wildman–Crippen MR) is 135 cm³/mol. The van der Waals surface area contributed by atoms with Crippen LogP contribution in [0.1, 0.15) is 4.88 Å². The molecular weight excluding hydrogens is 510 g/mol. The maximum absolute atomic E-state index is 13.0. The highest BCUT2D eigenvalue weighted by Crippen LogP contribution is 2.27. The molecule has 1 fully saturated rings. The molecular formula is C23H25N3O6S3. The van der Waals surface area contributed by atoms with Crippen molar-refractivity contribution >= 4 is 48.7 Å². The second-order valence-electron chi connectivity index (χ2n) is 7.80. The van der Waals surface area contributed by atoms with Gasteiger partial charge in [-0.15, -0.1) is 11.3 Å². The summed E-state index contributed by atoms with van der Waals surface area (Å²) in [6.07, 6.45) is -0.0375. The highest BCUT2D eigenvalue weighted by molar-refractivity contribution is 7.92. The maximum atomic E-state index is 13.0. The number of hydrogen-bond acceptors (Lipinski definition) is 7. The van der Waals surface area contributed by atoms with E-state index in [-0.39, 0.29) is 21.4 Å². The molecule has 2 heterocycles. The Morgan fingerprint density at radius 2 is 1.71 bits per heavy atom. The molecule has 4 rings (SSSR count). The molecule has 0 spiro atoms. The van der Waals surface area contributed by atoms with Crippen molar-refractivity contribution in [1.29, 1.82) is 0 Å².